The van der Waals surface area contributed by atoms with Crippen molar-refractivity contribution in [1.29, 1.82) is 0 Å². The van der Waals surface area contributed by atoms with Crippen LogP contribution in [0.3, 0.4) is 0 Å². The normalized spacial score (nSPS) is 11.3. The monoisotopic (exact) mass is 526 g/mol. The molecule has 0 aliphatic carbocycles. The highest BCUT2D eigenvalue weighted by atomic mass is 19.4. The smallest absolute Gasteiger partial charge is 0.431 e. The first-order chi connectivity index (χ1) is 17.3. The number of nitrogens with zero attached hydrogens (tertiary/aromatic N) is 4. The Balaban J connectivity index is 2.10. The van der Waals surface area contributed by atoms with Gasteiger partial charge in [0.05, 0.1) is 23.3 Å². The van der Waals surface area contributed by atoms with E-state index in [1.165, 1.54) is 25.3 Å². The van der Waals surface area contributed by atoms with Gasteiger partial charge in [0.2, 0.25) is 5.75 Å². The summed E-state index contributed by atoms with van der Waals surface area (Å²) in [5.41, 5.74) is -6.43. The van der Waals surface area contributed by atoms with Crippen LogP contribution in [-0.2, 0) is 18.0 Å². The number of hydrogen-bond donors (Lipinski definition) is 0. The van der Waals surface area contributed by atoms with E-state index in [2.05, 4.69) is 4.98 Å². The Hall–Kier alpha value is -4.56. The molecule has 1 aromatic carbocycles. The Morgan fingerprint density at radius 3 is 2.51 bits per heavy atom. The minimum atomic E-state index is -5.05. The summed E-state index contributed by atoms with van der Waals surface area (Å²) < 4.78 is 65.4. The van der Waals surface area contributed by atoms with E-state index in [1.807, 2.05) is 0 Å². The van der Waals surface area contributed by atoms with Gasteiger partial charge in [0.15, 0.2) is 11.6 Å². The molecule has 0 spiro atoms. The molecule has 0 unspecified atom stereocenters. The topological polar surface area (TPSA) is 136 Å². The maximum Gasteiger partial charge on any atom is 0.431 e. The van der Waals surface area contributed by atoms with E-state index in [1.54, 1.807) is 0 Å². The number of alkyl halides is 3. The number of aromatic nitrogens is 3. The lowest BCUT2D eigenvalue weighted by Gasteiger charge is -2.15. The Bertz CT molecular complexity index is 1480. The quantitative estimate of drug-likeness (QED) is 0.179. The van der Waals surface area contributed by atoms with Crippen LogP contribution in [0, 0.1) is 15.9 Å². The van der Waals surface area contributed by atoms with Gasteiger partial charge in [-0.2, -0.15) is 13.2 Å². The molecule has 3 rings (SSSR count). The van der Waals surface area contributed by atoms with Crippen LogP contribution in [0.2, 0.25) is 0 Å². The second-order valence-corrected chi connectivity index (χ2v) is 7.63. The van der Waals surface area contributed by atoms with Gasteiger partial charge in [-0.15, -0.1) is 0 Å². The fraction of sp³-hybridized carbons (Fsp3) is 0.273. The van der Waals surface area contributed by atoms with Gasteiger partial charge in [-0.3, -0.25) is 19.5 Å². The molecule has 0 radical (unpaired) electrons. The van der Waals surface area contributed by atoms with Crippen LogP contribution in [0.1, 0.15) is 25.5 Å². The average Bonchev–Trinajstić information content (AvgIpc) is 2.80. The molecule has 0 aliphatic heterocycles. The van der Waals surface area contributed by atoms with Crippen LogP contribution < -0.4 is 20.7 Å². The summed E-state index contributed by atoms with van der Waals surface area (Å²) in [5, 5.41) is 11.5. The van der Waals surface area contributed by atoms with Gasteiger partial charge in [0.1, 0.15) is 11.5 Å². The molecule has 0 bridgehead atoms. The number of ether oxygens (including phenoxy) is 2. The molecule has 0 saturated carbocycles. The number of rotatable bonds is 9. The Morgan fingerprint density at radius 2 is 1.89 bits per heavy atom. The van der Waals surface area contributed by atoms with E-state index in [-0.39, 0.29) is 45.6 Å². The minimum Gasteiger partial charge on any atom is -0.475 e. The lowest BCUT2D eigenvalue weighted by atomic mass is 10.2. The predicted molar refractivity (Wildman–Crippen MR) is 119 cm³/mol. The number of benzene rings is 1. The van der Waals surface area contributed by atoms with Crippen LogP contribution in [0.4, 0.5) is 23.2 Å². The van der Waals surface area contributed by atoms with Gasteiger partial charge in [-0.25, -0.2) is 18.7 Å². The molecule has 0 aliphatic rings. The third-order valence-electron chi connectivity index (χ3n) is 4.94. The summed E-state index contributed by atoms with van der Waals surface area (Å²) in [6, 6.07) is 3.79. The van der Waals surface area contributed by atoms with Crippen molar-refractivity contribution in [3.8, 4) is 23.1 Å². The number of nitro groups is 1. The molecule has 0 saturated heterocycles. The third-order valence-corrected chi connectivity index (χ3v) is 4.94. The van der Waals surface area contributed by atoms with Crippen molar-refractivity contribution < 1.29 is 36.8 Å². The second-order valence-electron chi connectivity index (χ2n) is 7.63. The summed E-state index contributed by atoms with van der Waals surface area (Å²) >= 11 is 0. The van der Waals surface area contributed by atoms with Gasteiger partial charge < -0.3 is 14.3 Å². The van der Waals surface area contributed by atoms with E-state index in [9.17, 15) is 42.1 Å². The zero-order valence-electron chi connectivity index (χ0n) is 19.2. The molecule has 15 heteroatoms. The first-order valence-electron chi connectivity index (χ1n) is 10.4. The first-order valence-corrected chi connectivity index (χ1v) is 10.4. The Kier molecular flexibility index (Phi) is 7.74. The van der Waals surface area contributed by atoms with Crippen molar-refractivity contribution in [1.82, 2.24) is 14.1 Å². The molecule has 37 heavy (non-hydrogen) atoms. The molecule has 0 atom stereocenters. The van der Waals surface area contributed by atoms with Gasteiger partial charge >= 0.3 is 17.6 Å². The minimum absolute atomic E-state index is 0.0424. The molecule has 0 N–H and O–H groups in total. The summed E-state index contributed by atoms with van der Waals surface area (Å²) in [7, 11) is 0.729. The largest absolute Gasteiger partial charge is 0.475 e. The maximum absolute atomic E-state index is 14.8. The van der Waals surface area contributed by atoms with E-state index < -0.39 is 51.0 Å². The van der Waals surface area contributed by atoms with Gasteiger partial charge in [0.25, 0.3) is 11.4 Å². The van der Waals surface area contributed by atoms with Crippen LogP contribution in [0.15, 0.2) is 46.1 Å². The summed E-state index contributed by atoms with van der Waals surface area (Å²) in [6.45, 7) is 1.44. The lowest BCUT2D eigenvalue weighted by molar-refractivity contribution is -0.385. The van der Waals surface area contributed by atoms with Gasteiger partial charge in [-0.05, 0) is 25.5 Å². The van der Waals surface area contributed by atoms with E-state index in [4.69, 9.17) is 9.47 Å². The molecule has 0 amide bonds. The predicted octanol–water partition coefficient (Wildman–Crippen LogP) is 3.54. The van der Waals surface area contributed by atoms with E-state index in [0.717, 1.165) is 7.05 Å². The zero-order valence-corrected chi connectivity index (χ0v) is 19.2. The molecule has 3 aromatic rings. The fourth-order valence-corrected chi connectivity index (χ4v) is 3.22. The van der Waals surface area contributed by atoms with Gasteiger partial charge in [0, 0.05) is 31.8 Å². The van der Waals surface area contributed by atoms with Crippen molar-refractivity contribution in [3.05, 3.63) is 79.0 Å². The van der Waals surface area contributed by atoms with Crippen molar-refractivity contribution in [2.45, 2.75) is 25.9 Å². The SMILES string of the molecule is CC(=O)CCCOc1ncccc1Oc1cc(-n2c(=O)cc(C(F)(F)F)n(C)c2=O)c(F)cc1[N+](=O)[O-]. The molecule has 11 nitrogen and oxygen atoms in total. The molecule has 0 fully saturated rings. The fourth-order valence-electron chi connectivity index (χ4n) is 3.22. The summed E-state index contributed by atoms with van der Waals surface area (Å²) in [5.74, 6) is -2.46. The Labute approximate surface area is 204 Å². The number of pyridine rings is 1. The van der Waals surface area contributed by atoms with Gasteiger partial charge in [-0.1, -0.05) is 0 Å². The number of Topliss-reactive ketones (excluding diaryl/α,β-unsaturated/α-hetero) is 1. The van der Waals surface area contributed by atoms with E-state index in [0.29, 0.717) is 18.6 Å². The maximum atomic E-state index is 14.8. The first kappa shape index (κ1) is 27.0. The van der Waals surface area contributed by atoms with Crippen molar-refractivity contribution in [2.24, 2.45) is 7.05 Å². The number of halogens is 4. The number of carbonyl (C=O) groups excluding carboxylic acids is 1. The second kappa shape index (κ2) is 10.6. The lowest BCUT2D eigenvalue weighted by Crippen LogP contribution is -2.41. The number of nitro benzene ring substituents is 1. The highest BCUT2D eigenvalue weighted by molar-refractivity contribution is 5.75. The van der Waals surface area contributed by atoms with Crippen LogP contribution in [-0.4, -0.2) is 31.4 Å². The van der Waals surface area contributed by atoms with Crippen LogP contribution >= 0.6 is 0 Å². The van der Waals surface area contributed by atoms with Crippen molar-refractivity contribution in [2.75, 3.05) is 6.61 Å². The highest BCUT2D eigenvalue weighted by Crippen LogP contribution is 2.37. The standard InChI is InChI=1S/C22H18F4N4O7/c1-12(31)5-4-8-36-20-16(6-3-7-27-20)37-17-10-14(13(23)9-15(17)30(34)35)29-19(32)11-18(22(24,25)26)28(2)21(29)33/h3,6-7,9-11H,4-5,8H2,1-2H3. The molecular weight excluding hydrogens is 508 g/mol. The highest BCUT2D eigenvalue weighted by Gasteiger charge is 2.35. The summed E-state index contributed by atoms with van der Waals surface area (Å²) in [6.07, 6.45) is -3.16. The summed E-state index contributed by atoms with van der Waals surface area (Å²) in [4.78, 5) is 50.5. The average molecular weight is 526 g/mol. The number of hydrogen-bond acceptors (Lipinski definition) is 8. The van der Waals surface area contributed by atoms with Crippen LogP contribution in [0.5, 0.6) is 17.4 Å². The Morgan fingerprint density at radius 1 is 1.19 bits per heavy atom. The molecular formula is C22H18F4N4O7. The van der Waals surface area contributed by atoms with E-state index >= 15 is 0 Å². The molecule has 2 aromatic heterocycles. The number of ketones is 1. The van der Waals surface area contributed by atoms with Crippen molar-refractivity contribution in [3.63, 3.8) is 0 Å². The zero-order chi connectivity index (χ0) is 27.5. The number of carbonyl (C=O) groups is 1. The third kappa shape index (κ3) is 5.99. The molecule has 2 heterocycles. The van der Waals surface area contributed by atoms with Crippen LogP contribution in [0.25, 0.3) is 5.69 Å². The van der Waals surface area contributed by atoms with Crippen molar-refractivity contribution >= 4 is 11.5 Å². The molecule has 196 valence electrons.